The minimum atomic E-state index is -0.360. The van der Waals surface area contributed by atoms with Gasteiger partial charge >= 0.3 is 6.09 Å². The molecule has 9 nitrogen and oxygen atoms in total. The van der Waals surface area contributed by atoms with Gasteiger partial charge in [-0.25, -0.2) is 14.8 Å². The lowest BCUT2D eigenvalue weighted by Gasteiger charge is -2.22. The summed E-state index contributed by atoms with van der Waals surface area (Å²) in [6, 6.07) is 3.90. The number of benzene rings is 1. The Bertz CT molecular complexity index is 1270. The number of methoxy groups -OCH3 is 1. The summed E-state index contributed by atoms with van der Waals surface area (Å²) in [4.78, 5) is 22.9. The number of thiophene rings is 1. The van der Waals surface area contributed by atoms with E-state index in [0.29, 0.717) is 18.7 Å². The number of nitrogens with one attached hydrogen (secondary N) is 3. The van der Waals surface area contributed by atoms with Crippen LogP contribution in [0.4, 0.5) is 16.3 Å². The molecule has 0 saturated heterocycles. The summed E-state index contributed by atoms with van der Waals surface area (Å²) in [7, 11) is 1.64. The van der Waals surface area contributed by atoms with Gasteiger partial charge in [0.2, 0.25) is 0 Å². The summed E-state index contributed by atoms with van der Waals surface area (Å²) in [5, 5.41) is 15.2. The lowest BCUT2D eigenvalue weighted by molar-refractivity contribution is 0.0907. The number of hydrogen-bond donors (Lipinski definition) is 3. The molecule has 1 aliphatic carbocycles. The number of aromatic amines is 1. The number of carbonyl (C=O) groups excluding carboxylic acids is 1. The molecule has 160 valence electrons. The van der Waals surface area contributed by atoms with E-state index in [0.717, 1.165) is 45.5 Å². The molecule has 0 bridgehead atoms. The number of alkyl carbamates (subject to hydrolysis) is 1. The van der Waals surface area contributed by atoms with Gasteiger partial charge in [-0.3, -0.25) is 5.10 Å². The smallest absolute Gasteiger partial charge is 0.407 e. The number of anilines is 2. The molecule has 5 rings (SSSR count). The molecule has 1 aromatic carbocycles. The first kappa shape index (κ1) is 19.6. The number of carbonyl (C=O) groups is 1. The topological polar surface area (TPSA) is 114 Å². The van der Waals surface area contributed by atoms with Crippen LogP contribution in [0.15, 0.2) is 24.7 Å². The average molecular weight is 439 g/mol. The molecule has 1 atom stereocenters. The monoisotopic (exact) mass is 438 g/mol. The van der Waals surface area contributed by atoms with Crippen LogP contribution in [0.2, 0.25) is 0 Å². The highest BCUT2D eigenvalue weighted by atomic mass is 32.1. The fourth-order valence-electron chi connectivity index (χ4n) is 3.98. The van der Waals surface area contributed by atoms with Crippen molar-refractivity contribution in [1.82, 2.24) is 25.5 Å². The zero-order valence-corrected chi connectivity index (χ0v) is 18.0. The number of H-pyrrole nitrogens is 1. The molecule has 31 heavy (non-hydrogen) atoms. The molecule has 1 amide bonds. The van der Waals surface area contributed by atoms with E-state index in [1.165, 1.54) is 10.4 Å². The molecule has 3 heterocycles. The third-order valence-corrected chi connectivity index (χ3v) is 6.57. The van der Waals surface area contributed by atoms with E-state index in [1.54, 1.807) is 31.0 Å². The maximum absolute atomic E-state index is 11.8. The van der Waals surface area contributed by atoms with Gasteiger partial charge in [0.15, 0.2) is 0 Å². The van der Waals surface area contributed by atoms with Gasteiger partial charge < -0.3 is 20.1 Å². The Hall–Kier alpha value is -3.40. The van der Waals surface area contributed by atoms with Gasteiger partial charge in [0, 0.05) is 29.3 Å². The highest BCUT2D eigenvalue weighted by Crippen LogP contribution is 2.40. The maximum Gasteiger partial charge on any atom is 0.407 e. The van der Waals surface area contributed by atoms with Crippen LogP contribution >= 0.6 is 11.3 Å². The highest BCUT2D eigenvalue weighted by molar-refractivity contribution is 7.19. The fourth-order valence-corrected chi connectivity index (χ4v) is 5.23. The predicted octanol–water partition coefficient (Wildman–Crippen LogP) is 3.92. The molecule has 0 spiro atoms. The number of ether oxygens (including phenoxy) is 2. The Morgan fingerprint density at radius 2 is 2.26 bits per heavy atom. The van der Waals surface area contributed by atoms with Gasteiger partial charge in [-0.15, -0.1) is 11.3 Å². The summed E-state index contributed by atoms with van der Waals surface area (Å²) < 4.78 is 11.1. The van der Waals surface area contributed by atoms with Crippen LogP contribution in [0.25, 0.3) is 21.1 Å². The molecular weight excluding hydrogens is 416 g/mol. The second kappa shape index (κ2) is 8.03. The normalized spacial score (nSPS) is 15.6. The molecular formula is C21H22N6O3S. The first-order valence-corrected chi connectivity index (χ1v) is 11.0. The summed E-state index contributed by atoms with van der Waals surface area (Å²) in [5.74, 6) is 1.44. The molecule has 0 radical (unpaired) electrons. The van der Waals surface area contributed by atoms with Crippen molar-refractivity contribution in [3.8, 4) is 5.75 Å². The van der Waals surface area contributed by atoms with Gasteiger partial charge in [-0.05, 0) is 31.4 Å². The molecule has 3 N–H and O–H groups in total. The van der Waals surface area contributed by atoms with E-state index in [-0.39, 0.29) is 12.2 Å². The van der Waals surface area contributed by atoms with Crippen molar-refractivity contribution in [3.63, 3.8) is 0 Å². The lowest BCUT2D eigenvalue weighted by Crippen LogP contribution is -2.31. The highest BCUT2D eigenvalue weighted by Gasteiger charge is 2.27. The van der Waals surface area contributed by atoms with E-state index in [1.807, 2.05) is 19.1 Å². The molecule has 0 fully saturated rings. The van der Waals surface area contributed by atoms with Crippen molar-refractivity contribution in [1.29, 1.82) is 0 Å². The second-order valence-electron chi connectivity index (χ2n) is 7.34. The average Bonchev–Trinajstić information content (AvgIpc) is 3.37. The van der Waals surface area contributed by atoms with Crippen molar-refractivity contribution >= 4 is 50.1 Å². The number of nitrogens with zero attached hydrogens (tertiary/aromatic N) is 3. The zero-order chi connectivity index (χ0) is 21.4. The van der Waals surface area contributed by atoms with E-state index in [9.17, 15) is 4.79 Å². The molecule has 4 aromatic rings. The van der Waals surface area contributed by atoms with Crippen LogP contribution in [0.1, 0.15) is 23.8 Å². The molecule has 3 aromatic heterocycles. The van der Waals surface area contributed by atoms with Crippen molar-refractivity contribution < 1.29 is 14.3 Å². The number of rotatable bonds is 5. The maximum atomic E-state index is 11.8. The van der Waals surface area contributed by atoms with Crippen LogP contribution < -0.4 is 15.4 Å². The molecule has 0 saturated carbocycles. The third kappa shape index (κ3) is 3.63. The standard InChI is InChI=1S/C21H22N6O3S/c1-3-22-21(28)30-12-4-5-13-17(7-12)31-20-18(13)19(23-10-24-20)26-15-6-11-9-25-27-14(11)8-16(15)29-2/h6,8-10,12H,3-5,7H2,1-2H3,(H,22,28)(H,25,27)(H,23,24,26). The number of aromatic nitrogens is 4. The van der Waals surface area contributed by atoms with E-state index >= 15 is 0 Å². The largest absolute Gasteiger partial charge is 0.494 e. The Kier molecular flexibility index (Phi) is 5.06. The van der Waals surface area contributed by atoms with Gasteiger partial charge in [-0.2, -0.15) is 5.10 Å². The van der Waals surface area contributed by atoms with Gasteiger partial charge in [0.25, 0.3) is 0 Å². The van der Waals surface area contributed by atoms with Crippen LogP contribution in [0, 0.1) is 0 Å². The van der Waals surface area contributed by atoms with Crippen molar-refractivity contribution in [3.05, 3.63) is 35.1 Å². The minimum absolute atomic E-state index is 0.125. The number of hydrogen-bond acceptors (Lipinski definition) is 8. The first-order chi connectivity index (χ1) is 15.2. The Morgan fingerprint density at radius 1 is 1.35 bits per heavy atom. The van der Waals surface area contributed by atoms with Crippen LogP contribution in [0.3, 0.4) is 0 Å². The third-order valence-electron chi connectivity index (χ3n) is 5.41. The summed E-state index contributed by atoms with van der Waals surface area (Å²) in [5.41, 5.74) is 2.94. The van der Waals surface area contributed by atoms with Crippen molar-refractivity contribution in [2.45, 2.75) is 32.3 Å². The quantitative estimate of drug-likeness (QED) is 0.433. The van der Waals surface area contributed by atoms with E-state index in [4.69, 9.17) is 9.47 Å². The van der Waals surface area contributed by atoms with Crippen LogP contribution in [-0.2, 0) is 17.6 Å². The SMILES string of the molecule is CCNC(=O)OC1CCc2c(sc3ncnc(Nc4cc5cn[nH]c5cc4OC)c23)C1. The lowest BCUT2D eigenvalue weighted by atomic mass is 9.94. The van der Waals surface area contributed by atoms with E-state index < -0.39 is 0 Å². The summed E-state index contributed by atoms with van der Waals surface area (Å²) in [6.45, 7) is 2.43. The summed E-state index contributed by atoms with van der Waals surface area (Å²) >= 11 is 1.63. The number of aryl methyl sites for hydroxylation is 1. The fraction of sp³-hybridized carbons (Fsp3) is 0.333. The Balaban J connectivity index is 1.48. The van der Waals surface area contributed by atoms with Gasteiger partial charge in [-0.1, -0.05) is 0 Å². The predicted molar refractivity (Wildman–Crippen MR) is 119 cm³/mol. The van der Waals surface area contributed by atoms with Crippen molar-refractivity contribution in [2.75, 3.05) is 19.0 Å². The van der Waals surface area contributed by atoms with Gasteiger partial charge in [0.05, 0.1) is 29.9 Å². The summed E-state index contributed by atoms with van der Waals surface area (Å²) in [6.07, 6.45) is 5.13. The Morgan fingerprint density at radius 3 is 3.10 bits per heavy atom. The number of fused-ring (bicyclic) bond motifs is 4. The molecule has 0 aliphatic heterocycles. The van der Waals surface area contributed by atoms with E-state index in [2.05, 4.69) is 30.8 Å². The van der Waals surface area contributed by atoms with Crippen molar-refractivity contribution in [2.24, 2.45) is 0 Å². The van der Waals surface area contributed by atoms with Crippen LogP contribution in [0.5, 0.6) is 5.75 Å². The molecule has 10 heteroatoms. The first-order valence-electron chi connectivity index (χ1n) is 10.1. The Labute approximate surface area is 182 Å². The molecule has 1 unspecified atom stereocenters. The molecule has 1 aliphatic rings. The van der Waals surface area contributed by atoms with Crippen LogP contribution in [-0.4, -0.2) is 46.0 Å². The second-order valence-corrected chi connectivity index (χ2v) is 8.43. The zero-order valence-electron chi connectivity index (χ0n) is 17.2. The number of amides is 1. The van der Waals surface area contributed by atoms with Gasteiger partial charge in [0.1, 0.15) is 28.8 Å². The minimum Gasteiger partial charge on any atom is -0.494 e.